The van der Waals surface area contributed by atoms with Gasteiger partial charge in [0.1, 0.15) is 0 Å². The molecule has 1 N–H and O–H groups in total. The standard InChI is InChI=1S/C10H12N4S/c1-11-9(10-7-13-15-14-10)6-8-4-2-3-5-12-8/h2-5,7,9,11H,6H2,1H3. The molecule has 0 aliphatic rings. The maximum atomic E-state index is 4.29. The average molecular weight is 220 g/mol. The normalized spacial score (nSPS) is 12.6. The quantitative estimate of drug-likeness (QED) is 0.847. The highest BCUT2D eigenvalue weighted by atomic mass is 32.1. The molecule has 0 aliphatic carbocycles. The Morgan fingerprint density at radius 3 is 3.00 bits per heavy atom. The first-order valence-electron chi connectivity index (χ1n) is 4.75. The van der Waals surface area contributed by atoms with E-state index in [2.05, 4.69) is 19.0 Å². The summed E-state index contributed by atoms with van der Waals surface area (Å²) in [6.07, 6.45) is 4.44. The van der Waals surface area contributed by atoms with E-state index in [1.807, 2.05) is 25.2 Å². The molecule has 0 aliphatic heterocycles. The van der Waals surface area contributed by atoms with Crippen molar-refractivity contribution in [3.8, 4) is 0 Å². The Morgan fingerprint density at radius 2 is 2.40 bits per heavy atom. The van der Waals surface area contributed by atoms with Gasteiger partial charge in [0, 0.05) is 18.3 Å². The second kappa shape index (κ2) is 4.95. The number of nitrogens with zero attached hydrogens (tertiary/aromatic N) is 3. The number of likely N-dealkylation sites (N-methyl/N-ethyl adjacent to an activating group) is 1. The highest BCUT2D eigenvalue weighted by Gasteiger charge is 2.12. The lowest BCUT2D eigenvalue weighted by molar-refractivity contribution is 0.573. The SMILES string of the molecule is CNC(Cc1ccccn1)c1cnsn1. The molecule has 2 aromatic heterocycles. The van der Waals surface area contributed by atoms with Gasteiger partial charge < -0.3 is 5.32 Å². The van der Waals surface area contributed by atoms with E-state index in [1.54, 1.807) is 12.4 Å². The molecule has 15 heavy (non-hydrogen) atoms. The molecule has 0 bridgehead atoms. The molecule has 0 spiro atoms. The number of rotatable bonds is 4. The molecular formula is C10H12N4S. The molecule has 0 radical (unpaired) electrons. The van der Waals surface area contributed by atoms with Gasteiger partial charge in [-0.2, -0.15) is 8.75 Å². The van der Waals surface area contributed by atoms with Crippen LogP contribution >= 0.6 is 11.7 Å². The van der Waals surface area contributed by atoms with Gasteiger partial charge in [-0.3, -0.25) is 4.98 Å². The number of hydrogen-bond donors (Lipinski definition) is 1. The van der Waals surface area contributed by atoms with E-state index in [-0.39, 0.29) is 6.04 Å². The van der Waals surface area contributed by atoms with E-state index in [0.717, 1.165) is 17.8 Å². The van der Waals surface area contributed by atoms with Crippen molar-refractivity contribution in [1.29, 1.82) is 0 Å². The summed E-state index contributed by atoms with van der Waals surface area (Å²) in [5.74, 6) is 0. The van der Waals surface area contributed by atoms with Crippen molar-refractivity contribution in [2.24, 2.45) is 0 Å². The Hall–Kier alpha value is -1.33. The van der Waals surface area contributed by atoms with Crippen molar-refractivity contribution in [3.63, 3.8) is 0 Å². The first-order valence-corrected chi connectivity index (χ1v) is 5.48. The third-order valence-electron chi connectivity index (χ3n) is 2.22. The molecule has 2 heterocycles. The predicted molar refractivity (Wildman–Crippen MR) is 59.7 cm³/mol. The molecule has 78 valence electrons. The Kier molecular flexibility index (Phi) is 3.37. The van der Waals surface area contributed by atoms with E-state index < -0.39 is 0 Å². The number of pyridine rings is 1. The van der Waals surface area contributed by atoms with Gasteiger partial charge in [0.05, 0.1) is 29.7 Å². The van der Waals surface area contributed by atoms with Gasteiger partial charge in [-0.1, -0.05) is 6.07 Å². The zero-order valence-electron chi connectivity index (χ0n) is 8.42. The summed E-state index contributed by atoms with van der Waals surface area (Å²) >= 11 is 1.23. The monoisotopic (exact) mass is 220 g/mol. The zero-order valence-corrected chi connectivity index (χ0v) is 9.24. The highest BCUT2D eigenvalue weighted by Crippen LogP contribution is 2.14. The van der Waals surface area contributed by atoms with Crippen LogP contribution in [0.4, 0.5) is 0 Å². The second-order valence-corrected chi connectivity index (χ2v) is 3.76. The molecule has 0 saturated heterocycles. The third kappa shape index (κ3) is 2.57. The lowest BCUT2D eigenvalue weighted by Crippen LogP contribution is -2.19. The summed E-state index contributed by atoms with van der Waals surface area (Å²) in [6.45, 7) is 0. The molecule has 1 unspecified atom stereocenters. The first-order chi connectivity index (χ1) is 7.40. The minimum atomic E-state index is 0.193. The minimum Gasteiger partial charge on any atom is -0.311 e. The van der Waals surface area contributed by atoms with Crippen LogP contribution in [0.5, 0.6) is 0 Å². The van der Waals surface area contributed by atoms with Crippen LogP contribution in [0.15, 0.2) is 30.6 Å². The molecule has 1 atom stereocenters. The average Bonchev–Trinajstić information content (AvgIpc) is 2.81. The van der Waals surface area contributed by atoms with Crippen LogP contribution in [0.3, 0.4) is 0 Å². The second-order valence-electron chi connectivity index (χ2n) is 3.20. The fourth-order valence-electron chi connectivity index (χ4n) is 1.41. The molecule has 2 rings (SSSR count). The molecule has 0 amide bonds. The summed E-state index contributed by atoms with van der Waals surface area (Å²) in [5, 5.41) is 3.22. The largest absolute Gasteiger partial charge is 0.311 e. The van der Waals surface area contributed by atoms with Gasteiger partial charge in [0.2, 0.25) is 0 Å². The number of aromatic nitrogens is 3. The van der Waals surface area contributed by atoms with Crippen molar-refractivity contribution in [1.82, 2.24) is 19.0 Å². The van der Waals surface area contributed by atoms with Crippen molar-refractivity contribution >= 4 is 11.7 Å². The lowest BCUT2D eigenvalue weighted by Gasteiger charge is -2.12. The fraction of sp³-hybridized carbons (Fsp3) is 0.300. The van der Waals surface area contributed by atoms with Crippen LogP contribution in [0.1, 0.15) is 17.4 Å². The number of nitrogens with one attached hydrogen (secondary N) is 1. The summed E-state index contributed by atoms with van der Waals surface area (Å²) < 4.78 is 8.23. The van der Waals surface area contributed by atoms with Crippen LogP contribution in [-0.2, 0) is 6.42 Å². The third-order valence-corrected chi connectivity index (χ3v) is 2.72. The molecule has 2 aromatic rings. The molecule has 0 fully saturated rings. The van der Waals surface area contributed by atoms with E-state index >= 15 is 0 Å². The van der Waals surface area contributed by atoms with E-state index in [0.29, 0.717) is 0 Å². The smallest absolute Gasteiger partial charge is 0.0916 e. The maximum absolute atomic E-state index is 4.29. The lowest BCUT2D eigenvalue weighted by atomic mass is 10.1. The van der Waals surface area contributed by atoms with Gasteiger partial charge in [-0.05, 0) is 19.2 Å². The van der Waals surface area contributed by atoms with Crippen molar-refractivity contribution < 1.29 is 0 Å². The van der Waals surface area contributed by atoms with Crippen LogP contribution in [0.25, 0.3) is 0 Å². The first kappa shape index (κ1) is 10.2. The van der Waals surface area contributed by atoms with Crippen molar-refractivity contribution in [2.75, 3.05) is 7.05 Å². The molecular weight excluding hydrogens is 208 g/mol. The maximum Gasteiger partial charge on any atom is 0.0916 e. The van der Waals surface area contributed by atoms with Gasteiger partial charge >= 0.3 is 0 Å². The topological polar surface area (TPSA) is 50.7 Å². The van der Waals surface area contributed by atoms with Crippen LogP contribution < -0.4 is 5.32 Å². The predicted octanol–water partition coefficient (Wildman–Crippen LogP) is 1.44. The van der Waals surface area contributed by atoms with Gasteiger partial charge in [0.25, 0.3) is 0 Å². The summed E-state index contributed by atoms with van der Waals surface area (Å²) in [6, 6.07) is 6.12. The zero-order chi connectivity index (χ0) is 10.5. The summed E-state index contributed by atoms with van der Waals surface area (Å²) in [7, 11) is 1.92. The summed E-state index contributed by atoms with van der Waals surface area (Å²) in [5.41, 5.74) is 2.04. The van der Waals surface area contributed by atoms with Crippen LogP contribution in [0, 0.1) is 0 Å². The van der Waals surface area contributed by atoms with E-state index in [1.165, 1.54) is 11.7 Å². The van der Waals surface area contributed by atoms with E-state index in [4.69, 9.17) is 0 Å². The van der Waals surface area contributed by atoms with Gasteiger partial charge in [-0.25, -0.2) is 0 Å². The Morgan fingerprint density at radius 1 is 1.47 bits per heavy atom. The molecule has 0 saturated carbocycles. The Balaban J connectivity index is 2.10. The Bertz CT molecular complexity index is 387. The minimum absolute atomic E-state index is 0.193. The summed E-state index contributed by atoms with van der Waals surface area (Å²) in [4.78, 5) is 4.29. The molecule has 5 heteroatoms. The van der Waals surface area contributed by atoms with Crippen LogP contribution in [-0.4, -0.2) is 20.8 Å². The van der Waals surface area contributed by atoms with Crippen LogP contribution in [0.2, 0.25) is 0 Å². The van der Waals surface area contributed by atoms with Crippen molar-refractivity contribution in [2.45, 2.75) is 12.5 Å². The number of hydrogen-bond acceptors (Lipinski definition) is 5. The van der Waals surface area contributed by atoms with E-state index in [9.17, 15) is 0 Å². The molecule has 0 aromatic carbocycles. The molecule has 4 nitrogen and oxygen atoms in total. The Labute approximate surface area is 92.7 Å². The van der Waals surface area contributed by atoms with Crippen molar-refractivity contribution in [3.05, 3.63) is 42.0 Å². The highest BCUT2D eigenvalue weighted by molar-refractivity contribution is 6.99. The van der Waals surface area contributed by atoms with Gasteiger partial charge in [0.15, 0.2) is 0 Å². The van der Waals surface area contributed by atoms with Gasteiger partial charge in [-0.15, -0.1) is 0 Å². The fourth-order valence-corrected chi connectivity index (χ4v) is 1.88.